The van der Waals surface area contributed by atoms with Gasteiger partial charge >= 0.3 is 6.61 Å². The third-order valence-electron chi connectivity index (χ3n) is 3.10. The van der Waals surface area contributed by atoms with Crippen molar-refractivity contribution in [3.63, 3.8) is 0 Å². The molecule has 2 rings (SSSR count). The lowest BCUT2D eigenvalue weighted by atomic mass is 10.0. The molecule has 20 heavy (non-hydrogen) atoms. The van der Waals surface area contributed by atoms with E-state index < -0.39 is 12.2 Å². The molecular weight excluding hydrogens is 282 g/mol. The van der Waals surface area contributed by atoms with Crippen LogP contribution in [0.25, 0.3) is 11.3 Å². The lowest BCUT2D eigenvalue weighted by Crippen LogP contribution is -2.31. The van der Waals surface area contributed by atoms with Gasteiger partial charge in [0.1, 0.15) is 10.8 Å². The molecule has 0 aliphatic heterocycles. The third kappa shape index (κ3) is 3.32. The topological polar surface area (TPSA) is 48.1 Å². The fourth-order valence-corrected chi connectivity index (χ4v) is 2.60. The number of alkyl halides is 2. The number of ether oxygens (including phenoxy) is 1. The predicted molar refractivity (Wildman–Crippen MR) is 76.0 cm³/mol. The van der Waals surface area contributed by atoms with Crippen LogP contribution in [0.4, 0.5) is 8.78 Å². The van der Waals surface area contributed by atoms with Crippen molar-refractivity contribution in [1.82, 2.24) is 4.98 Å². The van der Waals surface area contributed by atoms with E-state index in [2.05, 4.69) is 9.72 Å². The molecule has 0 saturated heterocycles. The average Bonchev–Trinajstić information content (AvgIpc) is 2.89. The van der Waals surface area contributed by atoms with Gasteiger partial charge in [-0.2, -0.15) is 8.78 Å². The highest BCUT2D eigenvalue weighted by Crippen LogP contribution is 2.30. The van der Waals surface area contributed by atoms with Crippen LogP contribution in [-0.4, -0.2) is 11.6 Å². The van der Waals surface area contributed by atoms with Crippen molar-refractivity contribution in [2.24, 2.45) is 5.73 Å². The molecule has 2 aromatic rings. The third-order valence-corrected chi connectivity index (χ3v) is 4.22. The van der Waals surface area contributed by atoms with E-state index in [0.29, 0.717) is 0 Å². The van der Waals surface area contributed by atoms with Crippen LogP contribution in [0.2, 0.25) is 0 Å². The second-order valence-electron chi connectivity index (χ2n) is 4.71. The lowest BCUT2D eigenvalue weighted by molar-refractivity contribution is -0.0498. The SMILES string of the molecule is CCC(C)(N)c1nc(-c2ccc(OC(F)F)cc2)cs1. The summed E-state index contributed by atoms with van der Waals surface area (Å²) < 4.78 is 28.5. The second kappa shape index (κ2) is 5.85. The largest absolute Gasteiger partial charge is 0.435 e. The van der Waals surface area contributed by atoms with E-state index >= 15 is 0 Å². The minimum absolute atomic E-state index is 0.136. The molecule has 2 N–H and O–H groups in total. The van der Waals surface area contributed by atoms with Crippen molar-refractivity contribution in [2.75, 3.05) is 0 Å². The Kier molecular flexibility index (Phi) is 4.35. The Morgan fingerprint density at radius 1 is 1.35 bits per heavy atom. The van der Waals surface area contributed by atoms with Crippen LogP contribution in [0, 0.1) is 0 Å². The number of aromatic nitrogens is 1. The lowest BCUT2D eigenvalue weighted by Gasteiger charge is -2.18. The van der Waals surface area contributed by atoms with Crippen LogP contribution in [0.5, 0.6) is 5.75 Å². The maximum absolute atomic E-state index is 12.1. The van der Waals surface area contributed by atoms with Crippen molar-refractivity contribution in [1.29, 1.82) is 0 Å². The van der Waals surface area contributed by atoms with Crippen molar-refractivity contribution in [3.8, 4) is 17.0 Å². The van der Waals surface area contributed by atoms with Crippen LogP contribution in [-0.2, 0) is 5.54 Å². The van der Waals surface area contributed by atoms with E-state index in [1.54, 1.807) is 12.1 Å². The second-order valence-corrected chi connectivity index (χ2v) is 5.57. The first kappa shape index (κ1) is 14.9. The quantitative estimate of drug-likeness (QED) is 0.907. The van der Waals surface area contributed by atoms with Crippen molar-refractivity contribution < 1.29 is 13.5 Å². The molecule has 1 unspecified atom stereocenters. The maximum atomic E-state index is 12.1. The minimum Gasteiger partial charge on any atom is -0.435 e. The van der Waals surface area contributed by atoms with Gasteiger partial charge in [-0.25, -0.2) is 4.98 Å². The highest BCUT2D eigenvalue weighted by Gasteiger charge is 2.22. The normalized spacial score (nSPS) is 14.3. The number of benzene rings is 1. The fraction of sp³-hybridized carbons (Fsp3) is 0.357. The Balaban J connectivity index is 2.20. The molecular formula is C14H16F2N2OS. The molecule has 1 heterocycles. The summed E-state index contributed by atoms with van der Waals surface area (Å²) in [6, 6.07) is 6.41. The van der Waals surface area contributed by atoms with Gasteiger partial charge in [0.15, 0.2) is 0 Å². The first-order valence-corrected chi connectivity index (χ1v) is 7.10. The molecule has 1 atom stereocenters. The number of hydrogen-bond donors (Lipinski definition) is 1. The van der Waals surface area contributed by atoms with Gasteiger partial charge in [-0.15, -0.1) is 11.3 Å². The highest BCUT2D eigenvalue weighted by atomic mass is 32.1. The average molecular weight is 298 g/mol. The minimum atomic E-state index is -2.81. The maximum Gasteiger partial charge on any atom is 0.387 e. The summed E-state index contributed by atoms with van der Waals surface area (Å²) in [4.78, 5) is 4.52. The molecule has 108 valence electrons. The van der Waals surface area contributed by atoms with Crippen LogP contribution < -0.4 is 10.5 Å². The van der Waals surface area contributed by atoms with Gasteiger partial charge in [0.2, 0.25) is 0 Å². The van der Waals surface area contributed by atoms with Crippen LogP contribution in [0.3, 0.4) is 0 Å². The Bertz CT molecular complexity index is 567. The molecule has 1 aromatic heterocycles. The zero-order valence-corrected chi connectivity index (χ0v) is 12.1. The summed E-state index contributed by atoms with van der Waals surface area (Å²) in [5, 5.41) is 2.78. The Morgan fingerprint density at radius 3 is 2.55 bits per heavy atom. The number of nitrogens with two attached hydrogens (primary N) is 1. The molecule has 0 aliphatic carbocycles. The zero-order valence-electron chi connectivity index (χ0n) is 11.3. The Hall–Kier alpha value is -1.53. The Morgan fingerprint density at radius 2 is 2.00 bits per heavy atom. The molecule has 6 heteroatoms. The first-order valence-electron chi connectivity index (χ1n) is 6.22. The molecule has 0 bridgehead atoms. The van der Waals surface area contributed by atoms with Gasteiger partial charge in [0.25, 0.3) is 0 Å². The first-order chi connectivity index (χ1) is 9.42. The van der Waals surface area contributed by atoms with Gasteiger partial charge in [0.05, 0.1) is 11.2 Å². The van der Waals surface area contributed by atoms with Gasteiger partial charge < -0.3 is 10.5 Å². The van der Waals surface area contributed by atoms with Gasteiger partial charge in [-0.05, 0) is 37.6 Å². The summed E-state index contributed by atoms with van der Waals surface area (Å²) >= 11 is 1.50. The van der Waals surface area contributed by atoms with E-state index in [1.807, 2.05) is 19.2 Å². The zero-order chi connectivity index (χ0) is 14.8. The number of hydrogen-bond acceptors (Lipinski definition) is 4. The van der Waals surface area contributed by atoms with Gasteiger partial charge in [0, 0.05) is 10.9 Å². The predicted octanol–water partition coefficient (Wildman–Crippen LogP) is 4.00. The Labute approximate surface area is 120 Å². The van der Waals surface area contributed by atoms with E-state index in [-0.39, 0.29) is 5.75 Å². The number of halogens is 2. The highest BCUT2D eigenvalue weighted by molar-refractivity contribution is 7.10. The van der Waals surface area contributed by atoms with Gasteiger partial charge in [-0.3, -0.25) is 0 Å². The van der Waals surface area contributed by atoms with E-state index in [4.69, 9.17) is 5.73 Å². The van der Waals surface area contributed by atoms with Crippen molar-refractivity contribution >= 4 is 11.3 Å². The summed E-state index contributed by atoms with van der Waals surface area (Å²) in [6.07, 6.45) is 0.793. The summed E-state index contributed by atoms with van der Waals surface area (Å²) in [7, 11) is 0. The number of rotatable bonds is 5. The van der Waals surface area contributed by atoms with E-state index in [1.165, 1.54) is 23.5 Å². The summed E-state index contributed by atoms with van der Waals surface area (Å²) in [5.41, 5.74) is 7.35. The van der Waals surface area contributed by atoms with E-state index in [9.17, 15) is 8.78 Å². The molecule has 0 fully saturated rings. The fourth-order valence-electron chi connectivity index (χ4n) is 1.63. The summed E-state index contributed by atoms with van der Waals surface area (Å²) in [6.45, 7) is 1.14. The monoisotopic (exact) mass is 298 g/mol. The number of nitrogens with zero attached hydrogens (tertiary/aromatic N) is 1. The molecule has 0 saturated carbocycles. The van der Waals surface area contributed by atoms with Crippen molar-refractivity contribution in [2.45, 2.75) is 32.4 Å². The smallest absolute Gasteiger partial charge is 0.387 e. The molecule has 0 radical (unpaired) electrons. The van der Waals surface area contributed by atoms with Gasteiger partial charge in [-0.1, -0.05) is 6.92 Å². The van der Waals surface area contributed by atoms with E-state index in [0.717, 1.165) is 22.7 Å². The molecule has 0 spiro atoms. The standard InChI is InChI=1S/C14H16F2N2OS/c1-3-14(2,17)12-18-11(8-20-12)9-4-6-10(7-5-9)19-13(15)16/h4-8,13H,3,17H2,1-2H3. The van der Waals surface area contributed by atoms with Crippen molar-refractivity contribution in [3.05, 3.63) is 34.7 Å². The molecule has 0 aliphatic rings. The summed E-state index contributed by atoms with van der Waals surface area (Å²) in [5.74, 6) is 0.136. The number of thiazole rings is 1. The molecule has 0 amide bonds. The van der Waals surface area contributed by atoms with Crippen LogP contribution >= 0.6 is 11.3 Å². The molecule has 1 aromatic carbocycles. The van der Waals surface area contributed by atoms with Crippen LogP contribution in [0.1, 0.15) is 25.3 Å². The molecule has 3 nitrogen and oxygen atoms in total. The van der Waals surface area contributed by atoms with Crippen LogP contribution in [0.15, 0.2) is 29.6 Å².